The van der Waals surface area contributed by atoms with Crippen LogP contribution >= 0.6 is 0 Å². The Morgan fingerprint density at radius 3 is 2.73 bits per heavy atom. The fourth-order valence-corrected chi connectivity index (χ4v) is 2.74. The van der Waals surface area contributed by atoms with Crippen molar-refractivity contribution in [3.05, 3.63) is 54.2 Å². The fourth-order valence-electron chi connectivity index (χ4n) is 2.74. The van der Waals surface area contributed by atoms with E-state index in [-0.39, 0.29) is 5.97 Å². The number of benzene rings is 1. The lowest BCUT2D eigenvalue weighted by Crippen LogP contribution is -2.04. The zero-order chi connectivity index (χ0) is 15.5. The number of methoxy groups -OCH3 is 1. The highest BCUT2D eigenvalue weighted by Gasteiger charge is 2.14. The van der Waals surface area contributed by atoms with Gasteiger partial charge in [-0.25, -0.2) is 9.78 Å². The number of nitrogens with zero attached hydrogens (tertiary/aromatic N) is 3. The van der Waals surface area contributed by atoms with E-state index in [0.29, 0.717) is 5.56 Å². The lowest BCUT2D eigenvalue weighted by molar-refractivity contribution is 0.0602. The number of rotatable bonds is 5. The molecule has 0 unspecified atom stereocenters. The Balaban J connectivity index is 1.81. The predicted molar refractivity (Wildman–Crippen MR) is 84.9 cm³/mol. The molecule has 2 aromatic heterocycles. The molecule has 0 radical (unpaired) electrons. The van der Waals surface area contributed by atoms with Crippen LogP contribution in [0.25, 0.3) is 10.9 Å². The molecule has 3 rings (SSSR count). The highest BCUT2D eigenvalue weighted by atomic mass is 16.5. The first-order valence-corrected chi connectivity index (χ1v) is 7.33. The molecule has 0 aliphatic heterocycles. The number of ether oxygens (including phenoxy) is 1. The first-order valence-electron chi connectivity index (χ1n) is 7.33. The van der Waals surface area contributed by atoms with Crippen molar-refractivity contribution in [3.8, 4) is 0 Å². The minimum absolute atomic E-state index is 0.291. The average Bonchev–Trinajstić information content (AvgIpc) is 3.11. The molecule has 0 bridgehead atoms. The van der Waals surface area contributed by atoms with Gasteiger partial charge >= 0.3 is 5.97 Å². The molecule has 0 amide bonds. The standard InChI is InChI=1S/C17H19N3O2/c1-13-10-18-12-20(13)9-5-8-19-11-15(17(21)22-2)14-6-3-4-7-16(14)19/h3-4,6-7,10-12H,5,8-9H2,1-2H3. The zero-order valence-electron chi connectivity index (χ0n) is 12.8. The van der Waals surface area contributed by atoms with Crippen molar-refractivity contribution in [2.24, 2.45) is 0 Å². The van der Waals surface area contributed by atoms with Gasteiger partial charge in [0.15, 0.2) is 0 Å². The number of carbonyl (C=O) groups excluding carboxylic acids is 1. The summed E-state index contributed by atoms with van der Waals surface area (Å²) in [7, 11) is 1.41. The second kappa shape index (κ2) is 6.05. The maximum atomic E-state index is 11.9. The molecule has 0 fully saturated rings. The molecule has 0 saturated carbocycles. The second-order valence-corrected chi connectivity index (χ2v) is 5.33. The Morgan fingerprint density at radius 1 is 1.23 bits per heavy atom. The molecule has 22 heavy (non-hydrogen) atoms. The van der Waals surface area contributed by atoms with E-state index in [1.807, 2.05) is 49.9 Å². The molecule has 0 atom stereocenters. The minimum Gasteiger partial charge on any atom is -0.465 e. The van der Waals surface area contributed by atoms with Crippen molar-refractivity contribution >= 4 is 16.9 Å². The third-order valence-corrected chi connectivity index (χ3v) is 3.91. The molecule has 5 nitrogen and oxygen atoms in total. The van der Waals surface area contributed by atoms with E-state index < -0.39 is 0 Å². The molecule has 0 spiro atoms. The lowest BCUT2D eigenvalue weighted by Gasteiger charge is -2.07. The van der Waals surface area contributed by atoms with Gasteiger partial charge in [0, 0.05) is 42.1 Å². The van der Waals surface area contributed by atoms with E-state index in [0.717, 1.165) is 36.1 Å². The summed E-state index contributed by atoms with van der Waals surface area (Å²) in [5.74, 6) is -0.291. The van der Waals surface area contributed by atoms with E-state index in [1.165, 1.54) is 7.11 Å². The van der Waals surface area contributed by atoms with Gasteiger partial charge in [-0.05, 0) is 19.4 Å². The molecule has 0 N–H and O–H groups in total. The first kappa shape index (κ1) is 14.4. The molecular formula is C17H19N3O2. The largest absolute Gasteiger partial charge is 0.465 e. The Hall–Kier alpha value is -2.56. The van der Waals surface area contributed by atoms with Gasteiger partial charge in [0.05, 0.1) is 19.0 Å². The number of para-hydroxylation sites is 1. The topological polar surface area (TPSA) is 49.0 Å². The van der Waals surface area contributed by atoms with E-state index in [4.69, 9.17) is 4.74 Å². The minimum atomic E-state index is -0.291. The van der Waals surface area contributed by atoms with E-state index >= 15 is 0 Å². The molecule has 0 aliphatic carbocycles. The molecule has 114 valence electrons. The summed E-state index contributed by atoms with van der Waals surface area (Å²) in [5, 5.41) is 0.938. The number of imidazole rings is 1. The number of carbonyl (C=O) groups is 1. The van der Waals surface area contributed by atoms with Crippen LogP contribution in [0.3, 0.4) is 0 Å². The van der Waals surface area contributed by atoms with Crippen LogP contribution in [-0.4, -0.2) is 27.2 Å². The van der Waals surface area contributed by atoms with Crippen LogP contribution in [0.1, 0.15) is 22.5 Å². The fraction of sp³-hybridized carbons (Fsp3) is 0.294. The van der Waals surface area contributed by atoms with Gasteiger partial charge in [-0.1, -0.05) is 18.2 Å². The van der Waals surface area contributed by atoms with E-state index in [9.17, 15) is 4.79 Å². The van der Waals surface area contributed by atoms with Crippen LogP contribution in [0.4, 0.5) is 0 Å². The Morgan fingerprint density at radius 2 is 2.00 bits per heavy atom. The number of esters is 1. The van der Waals surface area contributed by atoms with Gasteiger partial charge in [0.1, 0.15) is 0 Å². The normalized spacial score (nSPS) is 11.0. The maximum absolute atomic E-state index is 11.9. The summed E-state index contributed by atoms with van der Waals surface area (Å²) in [4.78, 5) is 16.0. The van der Waals surface area contributed by atoms with Gasteiger partial charge in [-0.3, -0.25) is 0 Å². The second-order valence-electron chi connectivity index (χ2n) is 5.33. The Bertz CT molecular complexity index is 801. The summed E-state index contributed by atoms with van der Waals surface area (Å²) >= 11 is 0. The zero-order valence-corrected chi connectivity index (χ0v) is 12.8. The summed E-state index contributed by atoms with van der Waals surface area (Å²) in [6.45, 7) is 3.80. The van der Waals surface area contributed by atoms with Crippen molar-refractivity contribution in [2.75, 3.05) is 7.11 Å². The van der Waals surface area contributed by atoms with Crippen LogP contribution < -0.4 is 0 Å². The van der Waals surface area contributed by atoms with Crippen molar-refractivity contribution in [1.82, 2.24) is 14.1 Å². The van der Waals surface area contributed by atoms with Crippen molar-refractivity contribution in [3.63, 3.8) is 0 Å². The molecular weight excluding hydrogens is 278 g/mol. The van der Waals surface area contributed by atoms with Gasteiger partial charge in [-0.2, -0.15) is 0 Å². The summed E-state index contributed by atoms with van der Waals surface area (Å²) in [6.07, 6.45) is 6.57. The van der Waals surface area contributed by atoms with Gasteiger partial charge in [0.25, 0.3) is 0 Å². The first-order chi connectivity index (χ1) is 10.7. The molecule has 0 aliphatic rings. The van der Waals surface area contributed by atoms with Crippen molar-refractivity contribution in [1.29, 1.82) is 0 Å². The summed E-state index contributed by atoms with van der Waals surface area (Å²) < 4.78 is 9.12. The highest BCUT2D eigenvalue weighted by Crippen LogP contribution is 2.22. The van der Waals surface area contributed by atoms with Crippen LogP contribution in [0, 0.1) is 6.92 Å². The molecule has 1 aromatic carbocycles. The molecule has 2 heterocycles. The summed E-state index contributed by atoms with van der Waals surface area (Å²) in [5.41, 5.74) is 2.84. The third-order valence-electron chi connectivity index (χ3n) is 3.91. The van der Waals surface area contributed by atoms with E-state index in [2.05, 4.69) is 14.1 Å². The number of hydrogen-bond acceptors (Lipinski definition) is 3. The van der Waals surface area contributed by atoms with Gasteiger partial charge in [0.2, 0.25) is 0 Å². The van der Waals surface area contributed by atoms with Crippen LogP contribution in [0.15, 0.2) is 43.0 Å². The van der Waals surface area contributed by atoms with Crippen molar-refractivity contribution < 1.29 is 9.53 Å². The van der Waals surface area contributed by atoms with Gasteiger partial charge < -0.3 is 13.9 Å². The SMILES string of the molecule is COC(=O)c1cn(CCCn2cncc2C)c2ccccc12. The summed E-state index contributed by atoms with van der Waals surface area (Å²) in [6, 6.07) is 7.91. The quantitative estimate of drug-likeness (QED) is 0.680. The van der Waals surface area contributed by atoms with Crippen LogP contribution in [-0.2, 0) is 17.8 Å². The monoisotopic (exact) mass is 297 g/mol. The third kappa shape index (κ3) is 2.62. The number of aromatic nitrogens is 3. The number of fused-ring (bicyclic) bond motifs is 1. The lowest BCUT2D eigenvalue weighted by atomic mass is 10.2. The van der Waals surface area contributed by atoms with Crippen LogP contribution in [0.5, 0.6) is 0 Å². The number of hydrogen-bond donors (Lipinski definition) is 0. The Kier molecular flexibility index (Phi) is 3.96. The highest BCUT2D eigenvalue weighted by molar-refractivity contribution is 6.04. The maximum Gasteiger partial charge on any atom is 0.340 e. The van der Waals surface area contributed by atoms with E-state index in [1.54, 1.807) is 0 Å². The van der Waals surface area contributed by atoms with Crippen molar-refractivity contribution in [2.45, 2.75) is 26.4 Å². The molecule has 3 aromatic rings. The van der Waals surface area contributed by atoms with Crippen LogP contribution in [0.2, 0.25) is 0 Å². The predicted octanol–water partition coefficient (Wildman–Crippen LogP) is 3.02. The Labute approximate surface area is 129 Å². The smallest absolute Gasteiger partial charge is 0.340 e. The number of aryl methyl sites for hydroxylation is 3. The molecule has 0 saturated heterocycles. The van der Waals surface area contributed by atoms with Gasteiger partial charge in [-0.15, -0.1) is 0 Å². The molecule has 5 heteroatoms. The average molecular weight is 297 g/mol.